The van der Waals surface area contributed by atoms with E-state index in [0.29, 0.717) is 12.5 Å². The number of aryl methyl sites for hydroxylation is 1. The van der Waals surface area contributed by atoms with Crippen molar-refractivity contribution in [2.24, 2.45) is 17.8 Å². The van der Waals surface area contributed by atoms with Crippen molar-refractivity contribution in [2.45, 2.75) is 38.5 Å². The van der Waals surface area contributed by atoms with Crippen LogP contribution in [0.4, 0.5) is 0 Å². The molecular weight excluding hydrogens is 244 g/mol. The molecule has 1 aromatic carbocycles. The van der Waals surface area contributed by atoms with Gasteiger partial charge in [-0.05, 0) is 56.9 Å². The van der Waals surface area contributed by atoms with E-state index in [0.717, 1.165) is 17.6 Å². The number of ether oxygens (including phenoxy) is 1. The standard InChI is InChI=1S/C16H21ClO/c1-3-18-15-5-4-10(2)6-14(15)16(17)13-8-11-7-12(11)9-13/h4-6,11-13,16H,3,7-9H2,1-2H3. The van der Waals surface area contributed by atoms with Gasteiger partial charge >= 0.3 is 0 Å². The van der Waals surface area contributed by atoms with Crippen molar-refractivity contribution in [3.63, 3.8) is 0 Å². The lowest BCUT2D eigenvalue weighted by atomic mass is 9.93. The Labute approximate surface area is 114 Å². The van der Waals surface area contributed by atoms with Crippen LogP contribution in [0.1, 0.15) is 42.7 Å². The molecule has 0 aromatic heterocycles. The highest BCUT2D eigenvalue weighted by molar-refractivity contribution is 6.21. The molecule has 0 radical (unpaired) electrons. The maximum Gasteiger partial charge on any atom is 0.123 e. The Morgan fingerprint density at radius 1 is 1.28 bits per heavy atom. The van der Waals surface area contributed by atoms with Crippen molar-refractivity contribution in [3.05, 3.63) is 29.3 Å². The normalized spacial score (nSPS) is 30.9. The molecule has 18 heavy (non-hydrogen) atoms. The van der Waals surface area contributed by atoms with Crippen molar-refractivity contribution in [2.75, 3.05) is 6.61 Å². The van der Waals surface area contributed by atoms with E-state index in [-0.39, 0.29) is 5.38 Å². The monoisotopic (exact) mass is 264 g/mol. The maximum absolute atomic E-state index is 6.73. The summed E-state index contributed by atoms with van der Waals surface area (Å²) in [6, 6.07) is 6.37. The molecule has 2 aliphatic carbocycles. The Morgan fingerprint density at radius 2 is 2.00 bits per heavy atom. The Balaban J connectivity index is 1.82. The Morgan fingerprint density at radius 3 is 2.67 bits per heavy atom. The SMILES string of the molecule is CCOc1ccc(C)cc1C(Cl)C1CC2CC2C1. The molecule has 0 aliphatic heterocycles. The van der Waals surface area contributed by atoms with E-state index in [2.05, 4.69) is 25.1 Å². The molecule has 0 amide bonds. The summed E-state index contributed by atoms with van der Waals surface area (Å²) in [5.41, 5.74) is 2.46. The van der Waals surface area contributed by atoms with Crippen molar-refractivity contribution < 1.29 is 4.74 Å². The lowest BCUT2D eigenvalue weighted by Crippen LogP contribution is -2.08. The summed E-state index contributed by atoms with van der Waals surface area (Å²) in [4.78, 5) is 0. The molecule has 98 valence electrons. The van der Waals surface area contributed by atoms with Crippen molar-refractivity contribution >= 4 is 11.6 Å². The molecule has 0 saturated heterocycles. The summed E-state index contributed by atoms with van der Waals surface area (Å²) >= 11 is 6.73. The fourth-order valence-corrected chi connectivity index (χ4v) is 3.80. The lowest BCUT2D eigenvalue weighted by molar-refractivity contribution is 0.332. The predicted molar refractivity (Wildman–Crippen MR) is 75.3 cm³/mol. The molecule has 0 N–H and O–H groups in total. The summed E-state index contributed by atoms with van der Waals surface area (Å²) in [6.45, 7) is 4.85. The number of hydrogen-bond acceptors (Lipinski definition) is 1. The number of fused-ring (bicyclic) bond motifs is 1. The third-order valence-corrected chi connectivity index (χ3v) is 5.05. The van der Waals surface area contributed by atoms with Gasteiger partial charge in [0.1, 0.15) is 5.75 Å². The summed E-state index contributed by atoms with van der Waals surface area (Å²) in [6.07, 6.45) is 4.09. The van der Waals surface area contributed by atoms with Crippen LogP contribution >= 0.6 is 11.6 Å². The average molecular weight is 265 g/mol. The lowest BCUT2D eigenvalue weighted by Gasteiger charge is -2.22. The van der Waals surface area contributed by atoms with E-state index in [1.165, 1.54) is 30.4 Å². The van der Waals surface area contributed by atoms with Gasteiger partial charge in [-0.2, -0.15) is 0 Å². The van der Waals surface area contributed by atoms with Gasteiger partial charge in [0.05, 0.1) is 12.0 Å². The molecule has 2 heteroatoms. The van der Waals surface area contributed by atoms with E-state index in [9.17, 15) is 0 Å². The largest absolute Gasteiger partial charge is 0.494 e. The van der Waals surface area contributed by atoms with Gasteiger partial charge in [0.25, 0.3) is 0 Å². The molecule has 0 bridgehead atoms. The van der Waals surface area contributed by atoms with Gasteiger partial charge in [-0.1, -0.05) is 17.7 Å². The Hall–Kier alpha value is -0.690. The predicted octanol–water partition coefficient (Wildman–Crippen LogP) is 4.72. The third kappa shape index (κ3) is 2.25. The minimum atomic E-state index is 0.124. The summed E-state index contributed by atoms with van der Waals surface area (Å²) < 4.78 is 5.73. The zero-order valence-corrected chi connectivity index (χ0v) is 11.9. The number of halogens is 1. The molecule has 3 rings (SSSR count). The van der Waals surface area contributed by atoms with Crippen LogP contribution in [0, 0.1) is 24.7 Å². The fourth-order valence-electron chi connectivity index (χ4n) is 3.42. The zero-order chi connectivity index (χ0) is 12.7. The van der Waals surface area contributed by atoms with Crippen LogP contribution in [0.3, 0.4) is 0 Å². The van der Waals surface area contributed by atoms with E-state index < -0.39 is 0 Å². The van der Waals surface area contributed by atoms with Crippen LogP contribution in [0.25, 0.3) is 0 Å². The minimum absolute atomic E-state index is 0.124. The molecule has 1 nitrogen and oxygen atoms in total. The smallest absolute Gasteiger partial charge is 0.123 e. The second kappa shape index (κ2) is 4.77. The van der Waals surface area contributed by atoms with Gasteiger partial charge in [0.2, 0.25) is 0 Å². The van der Waals surface area contributed by atoms with E-state index >= 15 is 0 Å². The number of benzene rings is 1. The van der Waals surface area contributed by atoms with Gasteiger partial charge in [-0.3, -0.25) is 0 Å². The van der Waals surface area contributed by atoms with Gasteiger partial charge in [0.15, 0.2) is 0 Å². The molecule has 0 spiro atoms. The zero-order valence-electron chi connectivity index (χ0n) is 11.2. The number of hydrogen-bond donors (Lipinski definition) is 0. The first-order chi connectivity index (χ1) is 8.69. The number of rotatable bonds is 4. The second-order valence-electron chi connectivity index (χ2n) is 5.86. The highest BCUT2D eigenvalue weighted by Crippen LogP contribution is 2.58. The van der Waals surface area contributed by atoms with E-state index in [1.807, 2.05) is 6.92 Å². The first kappa shape index (κ1) is 12.3. The summed E-state index contributed by atoms with van der Waals surface area (Å²) in [5.74, 6) is 3.59. The van der Waals surface area contributed by atoms with E-state index in [1.54, 1.807) is 0 Å². The van der Waals surface area contributed by atoms with Crippen LogP contribution in [0.15, 0.2) is 18.2 Å². The van der Waals surface area contributed by atoms with Gasteiger partial charge in [-0.25, -0.2) is 0 Å². The number of alkyl halides is 1. The quantitative estimate of drug-likeness (QED) is 0.715. The summed E-state index contributed by atoms with van der Waals surface area (Å²) in [7, 11) is 0. The van der Waals surface area contributed by atoms with Gasteiger partial charge < -0.3 is 4.74 Å². The van der Waals surface area contributed by atoms with Crippen molar-refractivity contribution in [1.29, 1.82) is 0 Å². The highest BCUT2D eigenvalue weighted by Gasteiger charge is 2.48. The second-order valence-corrected chi connectivity index (χ2v) is 6.33. The molecular formula is C16H21ClO. The van der Waals surface area contributed by atoms with Gasteiger partial charge in [-0.15, -0.1) is 11.6 Å². The van der Waals surface area contributed by atoms with Crippen molar-refractivity contribution in [1.82, 2.24) is 0 Å². The highest BCUT2D eigenvalue weighted by atomic mass is 35.5. The van der Waals surface area contributed by atoms with Crippen LogP contribution in [-0.2, 0) is 0 Å². The van der Waals surface area contributed by atoms with Crippen LogP contribution in [-0.4, -0.2) is 6.61 Å². The fraction of sp³-hybridized carbons (Fsp3) is 0.625. The first-order valence-corrected chi connectivity index (χ1v) is 7.50. The molecule has 2 aliphatic rings. The van der Waals surface area contributed by atoms with Crippen LogP contribution < -0.4 is 4.74 Å². The Kier molecular flexibility index (Phi) is 3.27. The molecule has 1 aromatic rings. The summed E-state index contributed by atoms with van der Waals surface area (Å²) in [5, 5.41) is 0.124. The van der Waals surface area contributed by atoms with E-state index in [4.69, 9.17) is 16.3 Å². The molecule has 0 heterocycles. The molecule has 3 unspecified atom stereocenters. The Bertz CT molecular complexity index is 433. The molecule has 2 saturated carbocycles. The first-order valence-electron chi connectivity index (χ1n) is 7.06. The molecule has 2 fully saturated rings. The van der Waals surface area contributed by atoms with Gasteiger partial charge in [0, 0.05) is 5.56 Å². The maximum atomic E-state index is 6.73. The topological polar surface area (TPSA) is 9.23 Å². The molecule has 3 atom stereocenters. The van der Waals surface area contributed by atoms with Crippen LogP contribution in [0.2, 0.25) is 0 Å². The third-order valence-electron chi connectivity index (χ3n) is 4.46. The van der Waals surface area contributed by atoms with Crippen molar-refractivity contribution in [3.8, 4) is 5.75 Å². The average Bonchev–Trinajstić information content (AvgIpc) is 2.98. The minimum Gasteiger partial charge on any atom is -0.494 e. The van der Waals surface area contributed by atoms with Crippen LogP contribution in [0.5, 0.6) is 5.75 Å².